The Balaban J connectivity index is 1.63. The summed E-state index contributed by atoms with van der Waals surface area (Å²) in [6, 6.07) is 7.48. The van der Waals surface area contributed by atoms with Gasteiger partial charge in [-0.25, -0.2) is 4.79 Å². The van der Waals surface area contributed by atoms with Gasteiger partial charge in [0.25, 0.3) is 0 Å². The van der Waals surface area contributed by atoms with Crippen molar-refractivity contribution in [3.8, 4) is 0 Å². The number of amides is 4. The number of hydrogen-bond acceptors (Lipinski definition) is 3. The van der Waals surface area contributed by atoms with Gasteiger partial charge in [0.05, 0.1) is 6.54 Å². The van der Waals surface area contributed by atoms with Gasteiger partial charge in [-0.2, -0.15) is 0 Å². The van der Waals surface area contributed by atoms with Gasteiger partial charge in [0.15, 0.2) is 0 Å². The number of nitrogens with zero attached hydrogens (tertiary/aromatic N) is 1. The first-order valence-electron chi connectivity index (χ1n) is 9.59. The molecule has 1 aromatic carbocycles. The predicted molar refractivity (Wildman–Crippen MR) is 105 cm³/mol. The molecule has 0 heterocycles. The topological polar surface area (TPSA) is 90.5 Å². The number of likely N-dealkylation sites (N-methyl/N-ethyl adjacent to an activating group) is 1. The molecule has 1 aliphatic rings. The van der Waals surface area contributed by atoms with E-state index in [1.807, 2.05) is 31.2 Å². The standard InChI is InChI=1S/C20H30N4O3/c1-15-8-10-17(11-9-15)22-18(25)14-24(2)19(26)12-13-21-20(27)23-16-6-4-3-5-7-16/h8-11,16H,3-7,12-14H2,1-2H3,(H,22,25)(H2,21,23,27). The van der Waals surface area contributed by atoms with Crippen LogP contribution in [0.3, 0.4) is 0 Å². The van der Waals surface area contributed by atoms with Crippen LogP contribution in [0, 0.1) is 6.92 Å². The van der Waals surface area contributed by atoms with E-state index in [1.54, 1.807) is 7.05 Å². The lowest BCUT2D eigenvalue weighted by atomic mass is 9.96. The molecule has 0 unspecified atom stereocenters. The maximum atomic E-state index is 12.1. The third-order valence-corrected chi connectivity index (χ3v) is 4.71. The average Bonchev–Trinajstić information content (AvgIpc) is 2.64. The van der Waals surface area contributed by atoms with Crippen LogP contribution in [0.25, 0.3) is 0 Å². The Labute approximate surface area is 160 Å². The number of urea groups is 1. The van der Waals surface area contributed by atoms with Crippen molar-refractivity contribution in [2.75, 3.05) is 25.5 Å². The zero-order valence-electron chi connectivity index (χ0n) is 16.2. The lowest BCUT2D eigenvalue weighted by Gasteiger charge is -2.23. The summed E-state index contributed by atoms with van der Waals surface area (Å²) in [6.45, 7) is 2.20. The molecule has 1 aliphatic carbocycles. The van der Waals surface area contributed by atoms with Gasteiger partial charge >= 0.3 is 6.03 Å². The second-order valence-corrected chi connectivity index (χ2v) is 7.15. The molecule has 4 amide bonds. The minimum atomic E-state index is -0.252. The van der Waals surface area contributed by atoms with Crippen molar-refractivity contribution in [3.05, 3.63) is 29.8 Å². The highest BCUT2D eigenvalue weighted by molar-refractivity contribution is 5.94. The molecule has 1 aromatic rings. The normalized spacial score (nSPS) is 14.3. The van der Waals surface area contributed by atoms with Gasteiger partial charge in [-0.15, -0.1) is 0 Å². The molecular formula is C20H30N4O3. The van der Waals surface area contributed by atoms with Crippen LogP contribution in [0.15, 0.2) is 24.3 Å². The Kier molecular flexibility index (Phi) is 8.10. The zero-order valence-corrected chi connectivity index (χ0v) is 16.2. The Bertz CT molecular complexity index is 639. The van der Waals surface area contributed by atoms with E-state index in [-0.39, 0.29) is 43.4 Å². The van der Waals surface area contributed by atoms with Crippen LogP contribution in [-0.2, 0) is 9.59 Å². The fraction of sp³-hybridized carbons (Fsp3) is 0.550. The van der Waals surface area contributed by atoms with Crippen LogP contribution in [0.4, 0.5) is 10.5 Å². The fourth-order valence-corrected chi connectivity index (χ4v) is 3.10. The maximum Gasteiger partial charge on any atom is 0.315 e. The Morgan fingerprint density at radius 3 is 2.41 bits per heavy atom. The summed E-state index contributed by atoms with van der Waals surface area (Å²) in [5, 5.41) is 8.42. The molecule has 0 aromatic heterocycles. The zero-order chi connectivity index (χ0) is 19.6. The van der Waals surface area contributed by atoms with Crippen LogP contribution < -0.4 is 16.0 Å². The number of rotatable bonds is 7. The SMILES string of the molecule is Cc1ccc(NC(=O)CN(C)C(=O)CCNC(=O)NC2CCCCC2)cc1. The molecule has 2 rings (SSSR count). The number of benzene rings is 1. The molecular weight excluding hydrogens is 344 g/mol. The smallest absolute Gasteiger partial charge is 0.315 e. The molecule has 27 heavy (non-hydrogen) atoms. The van der Waals surface area contributed by atoms with Crippen molar-refractivity contribution in [1.29, 1.82) is 0 Å². The van der Waals surface area contributed by atoms with E-state index >= 15 is 0 Å². The highest BCUT2D eigenvalue weighted by Gasteiger charge is 2.16. The lowest BCUT2D eigenvalue weighted by molar-refractivity contribution is -0.133. The molecule has 148 valence electrons. The van der Waals surface area contributed by atoms with E-state index < -0.39 is 0 Å². The number of carbonyl (C=O) groups excluding carboxylic acids is 3. The fourth-order valence-electron chi connectivity index (χ4n) is 3.10. The van der Waals surface area contributed by atoms with E-state index in [2.05, 4.69) is 16.0 Å². The Hall–Kier alpha value is -2.57. The molecule has 0 atom stereocenters. The van der Waals surface area contributed by atoms with Gasteiger partial charge in [0.1, 0.15) is 0 Å². The van der Waals surface area contributed by atoms with Crippen LogP contribution in [0.1, 0.15) is 44.1 Å². The number of hydrogen-bond donors (Lipinski definition) is 3. The van der Waals surface area contributed by atoms with Crippen molar-refractivity contribution < 1.29 is 14.4 Å². The Morgan fingerprint density at radius 2 is 1.74 bits per heavy atom. The third-order valence-electron chi connectivity index (χ3n) is 4.71. The summed E-state index contributed by atoms with van der Waals surface area (Å²) >= 11 is 0. The van der Waals surface area contributed by atoms with Gasteiger partial charge < -0.3 is 20.9 Å². The van der Waals surface area contributed by atoms with Crippen molar-refractivity contribution in [2.24, 2.45) is 0 Å². The van der Waals surface area contributed by atoms with E-state index in [0.717, 1.165) is 31.2 Å². The second-order valence-electron chi connectivity index (χ2n) is 7.15. The molecule has 3 N–H and O–H groups in total. The van der Waals surface area contributed by atoms with Crippen LogP contribution >= 0.6 is 0 Å². The van der Waals surface area contributed by atoms with Crippen molar-refractivity contribution in [2.45, 2.75) is 51.5 Å². The second kappa shape index (κ2) is 10.5. The van der Waals surface area contributed by atoms with Crippen LogP contribution in [-0.4, -0.2) is 48.9 Å². The van der Waals surface area contributed by atoms with Gasteiger partial charge in [0.2, 0.25) is 11.8 Å². The number of aryl methyl sites for hydroxylation is 1. The summed E-state index contributed by atoms with van der Waals surface area (Å²) in [5.74, 6) is -0.440. The first-order valence-corrected chi connectivity index (χ1v) is 9.59. The predicted octanol–water partition coefficient (Wildman–Crippen LogP) is 2.41. The average molecular weight is 374 g/mol. The Morgan fingerprint density at radius 1 is 1.07 bits per heavy atom. The summed E-state index contributed by atoms with van der Waals surface area (Å²) in [4.78, 5) is 37.4. The van der Waals surface area contributed by atoms with E-state index in [4.69, 9.17) is 0 Å². The van der Waals surface area contributed by atoms with E-state index in [1.165, 1.54) is 11.3 Å². The highest BCUT2D eigenvalue weighted by Crippen LogP contribution is 2.17. The molecule has 0 saturated heterocycles. The summed E-state index contributed by atoms with van der Waals surface area (Å²) in [6.07, 6.45) is 5.73. The molecule has 7 nitrogen and oxygen atoms in total. The third kappa shape index (κ3) is 7.68. The molecule has 0 spiro atoms. The van der Waals surface area contributed by atoms with Crippen LogP contribution in [0.5, 0.6) is 0 Å². The summed E-state index contributed by atoms with van der Waals surface area (Å²) < 4.78 is 0. The first-order chi connectivity index (χ1) is 12.9. The molecule has 0 aliphatic heterocycles. The largest absolute Gasteiger partial charge is 0.338 e. The lowest BCUT2D eigenvalue weighted by Crippen LogP contribution is -2.44. The van der Waals surface area contributed by atoms with Crippen molar-refractivity contribution >= 4 is 23.5 Å². The van der Waals surface area contributed by atoms with Gasteiger partial charge in [-0.05, 0) is 31.9 Å². The minimum absolute atomic E-state index is 0.0268. The monoisotopic (exact) mass is 374 g/mol. The quantitative estimate of drug-likeness (QED) is 0.684. The number of carbonyl (C=O) groups is 3. The molecule has 0 radical (unpaired) electrons. The summed E-state index contributed by atoms with van der Waals surface area (Å²) in [5.41, 5.74) is 1.81. The van der Waals surface area contributed by atoms with Gasteiger partial charge in [0, 0.05) is 31.7 Å². The number of nitrogens with one attached hydrogen (secondary N) is 3. The van der Waals surface area contributed by atoms with Gasteiger partial charge in [-0.3, -0.25) is 9.59 Å². The highest BCUT2D eigenvalue weighted by atomic mass is 16.2. The maximum absolute atomic E-state index is 12.1. The van der Waals surface area contributed by atoms with E-state index in [0.29, 0.717) is 5.69 Å². The molecule has 1 fully saturated rings. The molecule has 0 bridgehead atoms. The first kappa shape index (κ1) is 20.7. The van der Waals surface area contributed by atoms with Crippen molar-refractivity contribution in [3.63, 3.8) is 0 Å². The number of anilines is 1. The van der Waals surface area contributed by atoms with Gasteiger partial charge in [-0.1, -0.05) is 37.0 Å². The van der Waals surface area contributed by atoms with Crippen molar-refractivity contribution in [1.82, 2.24) is 15.5 Å². The summed E-state index contributed by atoms with van der Waals surface area (Å²) in [7, 11) is 1.58. The molecule has 1 saturated carbocycles. The minimum Gasteiger partial charge on any atom is -0.338 e. The molecule has 7 heteroatoms. The van der Waals surface area contributed by atoms with Crippen LogP contribution in [0.2, 0.25) is 0 Å². The van der Waals surface area contributed by atoms with E-state index in [9.17, 15) is 14.4 Å².